The van der Waals surface area contributed by atoms with Gasteiger partial charge in [-0.25, -0.2) is 0 Å². The van der Waals surface area contributed by atoms with E-state index in [0.29, 0.717) is 17.4 Å². The van der Waals surface area contributed by atoms with E-state index in [2.05, 4.69) is 28.4 Å². The number of nitrogens with zero attached hydrogens (tertiary/aromatic N) is 2. The molecule has 2 heterocycles. The Kier molecular flexibility index (Phi) is 2.79. The van der Waals surface area contributed by atoms with E-state index in [1.165, 1.54) is 0 Å². The number of ether oxygens (including phenoxy) is 1. The molecule has 1 aromatic heterocycles. The highest BCUT2D eigenvalue weighted by molar-refractivity contribution is 5.49. The Bertz CT molecular complexity index is 605. The van der Waals surface area contributed by atoms with Crippen molar-refractivity contribution in [2.45, 2.75) is 32.1 Å². The van der Waals surface area contributed by atoms with E-state index in [0.717, 1.165) is 30.5 Å². The van der Waals surface area contributed by atoms with Crippen LogP contribution in [0.2, 0.25) is 0 Å². The fraction of sp³-hybridized carbons (Fsp3) is 0.429. The second-order valence-corrected chi connectivity index (χ2v) is 5.06. The monoisotopic (exact) mass is 256 g/mol. The van der Waals surface area contributed by atoms with Crippen molar-refractivity contribution in [1.82, 2.24) is 10.2 Å². The zero-order valence-electron chi connectivity index (χ0n) is 10.8. The van der Waals surface area contributed by atoms with Gasteiger partial charge in [0.25, 0.3) is 0 Å². The largest absolute Gasteiger partial charge is 0.420 e. The maximum absolute atomic E-state index is 9.39. The molecule has 19 heavy (non-hydrogen) atoms. The molecule has 0 spiro atoms. The standard InChI is InChI=1S/C14H16N4O/c1-8-11-12(9-5-3-2-4-6-9)10(7-15)13(16)19-14(11)18-17-8/h3,5,9,12H,2,4,6,16H2,1H3,(H,17,18)/t9-,12+/m0/s1. The molecule has 2 aliphatic rings. The third-order valence-corrected chi connectivity index (χ3v) is 3.89. The molecule has 98 valence electrons. The molecule has 0 amide bonds. The lowest BCUT2D eigenvalue weighted by Gasteiger charge is -2.30. The van der Waals surface area contributed by atoms with E-state index in [4.69, 9.17) is 10.5 Å². The predicted octanol–water partition coefficient (Wildman–Crippen LogP) is 2.24. The lowest BCUT2D eigenvalue weighted by molar-refractivity contribution is 0.355. The van der Waals surface area contributed by atoms with Gasteiger partial charge in [0.15, 0.2) is 0 Å². The minimum Gasteiger partial charge on any atom is -0.420 e. The summed E-state index contributed by atoms with van der Waals surface area (Å²) in [6.45, 7) is 1.95. The van der Waals surface area contributed by atoms with Gasteiger partial charge in [0, 0.05) is 17.2 Å². The van der Waals surface area contributed by atoms with E-state index in [9.17, 15) is 5.26 Å². The van der Waals surface area contributed by atoms with Gasteiger partial charge in [-0.2, -0.15) is 5.26 Å². The molecule has 0 unspecified atom stereocenters. The molecule has 1 aromatic rings. The summed E-state index contributed by atoms with van der Waals surface area (Å²) in [5, 5.41) is 16.4. The normalized spacial score (nSPS) is 25.7. The van der Waals surface area contributed by atoms with Gasteiger partial charge in [-0.05, 0) is 32.1 Å². The van der Waals surface area contributed by atoms with Gasteiger partial charge >= 0.3 is 0 Å². The third kappa shape index (κ3) is 1.80. The summed E-state index contributed by atoms with van der Waals surface area (Å²) in [7, 11) is 0. The van der Waals surface area contributed by atoms with Gasteiger partial charge in [0.1, 0.15) is 6.07 Å². The smallest absolute Gasteiger partial charge is 0.243 e. The lowest BCUT2D eigenvalue weighted by atomic mass is 9.76. The summed E-state index contributed by atoms with van der Waals surface area (Å²) in [5.41, 5.74) is 8.31. The van der Waals surface area contributed by atoms with Gasteiger partial charge in [-0.1, -0.05) is 12.2 Å². The van der Waals surface area contributed by atoms with E-state index < -0.39 is 0 Å². The second kappa shape index (κ2) is 4.47. The van der Waals surface area contributed by atoms with Gasteiger partial charge in [0.05, 0.1) is 5.57 Å². The maximum Gasteiger partial charge on any atom is 0.243 e. The molecule has 5 nitrogen and oxygen atoms in total. The fourth-order valence-electron chi connectivity index (χ4n) is 2.99. The first-order chi connectivity index (χ1) is 9.22. The highest BCUT2D eigenvalue weighted by atomic mass is 16.5. The number of aromatic nitrogens is 2. The first kappa shape index (κ1) is 11.8. The Morgan fingerprint density at radius 1 is 1.58 bits per heavy atom. The first-order valence-corrected chi connectivity index (χ1v) is 6.51. The van der Waals surface area contributed by atoms with Gasteiger partial charge in [-0.15, -0.1) is 5.10 Å². The average Bonchev–Trinajstić information content (AvgIpc) is 2.79. The summed E-state index contributed by atoms with van der Waals surface area (Å²) in [4.78, 5) is 0. The lowest BCUT2D eigenvalue weighted by Crippen LogP contribution is -2.25. The van der Waals surface area contributed by atoms with Crippen molar-refractivity contribution in [2.24, 2.45) is 11.7 Å². The molecule has 5 heteroatoms. The molecule has 1 aliphatic carbocycles. The van der Waals surface area contributed by atoms with Crippen molar-refractivity contribution in [1.29, 1.82) is 5.26 Å². The number of aryl methyl sites for hydroxylation is 1. The van der Waals surface area contributed by atoms with Gasteiger partial charge in [0.2, 0.25) is 11.8 Å². The molecule has 3 N–H and O–H groups in total. The van der Waals surface area contributed by atoms with E-state index in [-0.39, 0.29) is 11.8 Å². The molecule has 0 saturated heterocycles. The van der Waals surface area contributed by atoms with E-state index >= 15 is 0 Å². The number of allylic oxidation sites excluding steroid dienone is 3. The molecule has 3 rings (SSSR count). The predicted molar refractivity (Wildman–Crippen MR) is 70.0 cm³/mol. The molecule has 0 saturated carbocycles. The third-order valence-electron chi connectivity index (χ3n) is 3.89. The van der Waals surface area contributed by atoms with Crippen molar-refractivity contribution < 1.29 is 4.74 Å². The highest BCUT2D eigenvalue weighted by Crippen LogP contribution is 2.45. The molecule has 0 bridgehead atoms. The van der Waals surface area contributed by atoms with Crippen molar-refractivity contribution in [3.05, 3.63) is 34.9 Å². The summed E-state index contributed by atoms with van der Waals surface area (Å²) >= 11 is 0. The molecule has 0 radical (unpaired) electrons. The zero-order chi connectivity index (χ0) is 13.4. The van der Waals surface area contributed by atoms with Crippen LogP contribution in [0.25, 0.3) is 0 Å². The Balaban J connectivity index is 2.12. The van der Waals surface area contributed by atoms with Crippen LogP contribution in [0.5, 0.6) is 5.88 Å². The van der Waals surface area contributed by atoms with E-state index in [1.54, 1.807) is 0 Å². The van der Waals surface area contributed by atoms with E-state index in [1.807, 2.05) is 6.92 Å². The van der Waals surface area contributed by atoms with Gasteiger partial charge in [-0.3, -0.25) is 5.10 Å². The number of hydrogen-bond donors (Lipinski definition) is 2. The summed E-state index contributed by atoms with van der Waals surface area (Å²) in [5.74, 6) is 0.952. The van der Waals surface area contributed by atoms with Crippen LogP contribution < -0.4 is 10.5 Å². The average molecular weight is 256 g/mol. The summed E-state index contributed by atoms with van der Waals surface area (Å²) in [6, 6.07) is 2.21. The highest BCUT2D eigenvalue weighted by Gasteiger charge is 2.37. The topological polar surface area (TPSA) is 87.7 Å². The second-order valence-electron chi connectivity index (χ2n) is 5.06. The van der Waals surface area contributed by atoms with Crippen molar-refractivity contribution in [2.75, 3.05) is 0 Å². The molecule has 0 fully saturated rings. The number of rotatable bonds is 1. The number of nitrogens with one attached hydrogen (secondary N) is 1. The molecule has 2 atom stereocenters. The minimum absolute atomic E-state index is 0.0379. The van der Waals surface area contributed by atoms with Crippen molar-refractivity contribution >= 4 is 0 Å². The summed E-state index contributed by atoms with van der Waals surface area (Å²) in [6.07, 6.45) is 7.69. The van der Waals surface area contributed by atoms with Crippen LogP contribution in [0.15, 0.2) is 23.6 Å². The molecular weight excluding hydrogens is 240 g/mol. The molecular formula is C14H16N4O. The van der Waals surface area contributed by atoms with Crippen LogP contribution in [0.3, 0.4) is 0 Å². The Hall–Kier alpha value is -2.22. The van der Waals surface area contributed by atoms with Crippen LogP contribution in [0, 0.1) is 24.2 Å². The first-order valence-electron chi connectivity index (χ1n) is 6.51. The minimum atomic E-state index is -0.0379. The SMILES string of the molecule is Cc1[nH]nc2c1[C@H]([C@H]1C=CCCC1)C(C#N)=C(N)O2. The van der Waals surface area contributed by atoms with Crippen LogP contribution in [-0.4, -0.2) is 10.2 Å². The van der Waals surface area contributed by atoms with Crippen molar-refractivity contribution in [3.8, 4) is 11.9 Å². The number of aromatic amines is 1. The number of fused-ring (bicyclic) bond motifs is 1. The van der Waals surface area contributed by atoms with Crippen molar-refractivity contribution in [3.63, 3.8) is 0 Å². The zero-order valence-corrected chi connectivity index (χ0v) is 10.8. The number of H-pyrrole nitrogens is 1. The maximum atomic E-state index is 9.39. The number of nitriles is 1. The van der Waals surface area contributed by atoms with Crippen LogP contribution >= 0.6 is 0 Å². The number of hydrogen-bond acceptors (Lipinski definition) is 4. The van der Waals surface area contributed by atoms with Crippen LogP contribution in [0.4, 0.5) is 0 Å². The molecule has 0 aromatic carbocycles. The quantitative estimate of drug-likeness (QED) is 0.754. The van der Waals surface area contributed by atoms with Crippen LogP contribution in [0.1, 0.15) is 36.4 Å². The Labute approximate surface area is 111 Å². The van der Waals surface area contributed by atoms with Crippen LogP contribution in [-0.2, 0) is 0 Å². The fourth-order valence-corrected chi connectivity index (χ4v) is 2.99. The van der Waals surface area contributed by atoms with Gasteiger partial charge < -0.3 is 10.5 Å². The Morgan fingerprint density at radius 3 is 3.11 bits per heavy atom. The summed E-state index contributed by atoms with van der Waals surface area (Å²) < 4.78 is 5.45. The number of nitrogens with two attached hydrogens (primary N) is 1. The molecule has 1 aliphatic heterocycles. The Morgan fingerprint density at radius 2 is 2.42 bits per heavy atom.